The van der Waals surface area contributed by atoms with E-state index >= 15 is 0 Å². The van der Waals surface area contributed by atoms with Gasteiger partial charge in [0.1, 0.15) is 12.4 Å². The quantitative estimate of drug-likeness (QED) is 0.573. The van der Waals surface area contributed by atoms with Crippen molar-refractivity contribution in [2.24, 2.45) is 5.92 Å². The molecule has 0 unspecified atom stereocenters. The molecule has 4 rings (SSSR count). The third kappa shape index (κ3) is 5.19. The maximum absolute atomic E-state index is 12.4. The van der Waals surface area contributed by atoms with Crippen molar-refractivity contribution in [1.29, 1.82) is 0 Å². The van der Waals surface area contributed by atoms with Crippen LogP contribution in [0.5, 0.6) is 5.75 Å². The van der Waals surface area contributed by atoms with Crippen molar-refractivity contribution in [1.82, 2.24) is 10.2 Å². The fourth-order valence-electron chi connectivity index (χ4n) is 4.20. The molecular weight excluding hydrogens is 372 g/mol. The monoisotopic (exact) mass is 402 g/mol. The van der Waals surface area contributed by atoms with Crippen molar-refractivity contribution in [2.75, 3.05) is 26.2 Å². The number of carbonyl (C=O) groups is 1. The van der Waals surface area contributed by atoms with E-state index < -0.39 is 0 Å². The van der Waals surface area contributed by atoms with Gasteiger partial charge in [-0.05, 0) is 54.5 Å². The van der Waals surface area contributed by atoms with Crippen molar-refractivity contribution in [2.45, 2.75) is 26.3 Å². The van der Waals surface area contributed by atoms with Crippen LogP contribution in [0.15, 0.2) is 66.7 Å². The predicted octanol–water partition coefficient (Wildman–Crippen LogP) is 4.88. The number of likely N-dealkylation sites (tertiary alicyclic amines) is 1. The lowest BCUT2D eigenvalue weighted by atomic mass is 9.99. The van der Waals surface area contributed by atoms with Crippen LogP contribution >= 0.6 is 0 Å². The topological polar surface area (TPSA) is 41.6 Å². The van der Waals surface area contributed by atoms with Gasteiger partial charge in [-0.15, -0.1) is 0 Å². The van der Waals surface area contributed by atoms with E-state index in [1.54, 1.807) is 0 Å². The van der Waals surface area contributed by atoms with E-state index in [1.165, 1.54) is 31.5 Å². The van der Waals surface area contributed by atoms with E-state index in [-0.39, 0.29) is 5.91 Å². The zero-order chi connectivity index (χ0) is 20.8. The molecule has 3 aromatic rings. The summed E-state index contributed by atoms with van der Waals surface area (Å²) in [4.78, 5) is 14.9. The van der Waals surface area contributed by atoms with Crippen LogP contribution in [-0.4, -0.2) is 37.0 Å². The minimum Gasteiger partial charge on any atom is -0.491 e. The zero-order valence-corrected chi connectivity index (χ0v) is 17.6. The number of carbonyl (C=O) groups excluding carboxylic acids is 1. The van der Waals surface area contributed by atoms with E-state index in [0.29, 0.717) is 18.7 Å². The largest absolute Gasteiger partial charge is 0.491 e. The summed E-state index contributed by atoms with van der Waals surface area (Å²) in [5.41, 5.74) is 1.95. The van der Waals surface area contributed by atoms with Crippen molar-refractivity contribution in [3.8, 4) is 5.75 Å². The van der Waals surface area contributed by atoms with Crippen LogP contribution in [0.4, 0.5) is 0 Å². The van der Waals surface area contributed by atoms with Crippen LogP contribution < -0.4 is 10.1 Å². The molecule has 1 aliphatic heterocycles. The number of benzene rings is 3. The van der Waals surface area contributed by atoms with Gasteiger partial charge in [0.2, 0.25) is 0 Å². The number of rotatable bonds is 7. The van der Waals surface area contributed by atoms with Gasteiger partial charge in [-0.25, -0.2) is 0 Å². The Kier molecular flexibility index (Phi) is 6.65. The van der Waals surface area contributed by atoms with E-state index in [1.807, 2.05) is 36.4 Å². The van der Waals surface area contributed by atoms with Crippen LogP contribution in [-0.2, 0) is 6.54 Å². The summed E-state index contributed by atoms with van der Waals surface area (Å²) < 4.78 is 5.90. The van der Waals surface area contributed by atoms with Gasteiger partial charge in [0.05, 0.1) is 6.54 Å². The Balaban J connectivity index is 1.25. The van der Waals surface area contributed by atoms with Gasteiger partial charge in [0.15, 0.2) is 0 Å². The lowest BCUT2D eigenvalue weighted by Crippen LogP contribution is -2.33. The number of hydrogen-bond acceptors (Lipinski definition) is 3. The molecule has 1 atom stereocenters. The fraction of sp³-hybridized carbons (Fsp3) is 0.346. The number of nitrogens with one attached hydrogen (secondary N) is 1. The molecule has 0 bridgehead atoms. The van der Waals surface area contributed by atoms with Gasteiger partial charge in [-0.3, -0.25) is 9.69 Å². The molecule has 0 aliphatic carbocycles. The predicted molar refractivity (Wildman–Crippen MR) is 122 cm³/mol. The first kappa shape index (κ1) is 20.4. The van der Waals surface area contributed by atoms with Crippen LogP contribution in [0.1, 0.15) is 35.7 Å². The second-order valence-electron chi connectivity index (χ2n) is 8.26. The fourth-order valence-corrected chi connectivity index (χ4v) is 4.20. The molecule has 1 amide bonds. The van der Waals surface area contributed by atoms with Gasteiger partial charge < -0.3 is 10.1 Å². The first-order chi connectivity index (χ1) is 14.7. The maximum Gasteiger partial charge on any atom is 0.251 e. The third-order valence-electron chi connectivity index (χ3n) is 5.76. The molecule has 0 saturated carbocycles. The summed E-state index contributed by atoms with van der Waals surface area (Å²) in [5, 5.41) is 5.19. The van der Waals surface area contributed by atoms with Crippen LogP contribution in [0.3, 0.4) is 0 Å². The van der Waals surface area contributed by atoms with Gasteiger partial charge in [-0.2, -0.15) is 0 Å². The Bertz CT molecular complexity index is 978. The SMILES string of the molecule is C[C@H]1CCCN(Cc2ccc(C(=O)NCCOc3cccc4ccccc34)cc2)C1. The maximum atomic E-state index is 12.4. The van der Waals surface area contributed by atoms with E-state index in [0.717, 1.165) is 29.0 Å². The minimum absolute atomic E-state index is 0.0605. The standard InChI is InChI=1S/C26H30N2O2/c1-20-6-5-16-28(18-20)19-21-11-13-23(14-12-21)26(29)27-15-17-30-25-10-4-8-22-7-2-3-9-24(22)25/h2-4,7-14,20H,5-6,15-19H2,1H3,(H,27,29)/t20-/m0/s1. The highest BCUT2D eigenvalue weighted by molar-refractivity contribution is 5.94. The van der Waals surface area contributed by atoms with Crippen molar-refractivity contribution in [3.05, 3.63) is 77.9 Å². The summed E-state index contributed by atoms with van der Waals surface area (Å²) in [7, 11) is 0. The molecule has 0 spiro atoms. The first-order valence-corrected chi connectivity index (χ1v) is 10.9. The summed E-state index contributed by atoms with van der Waals surface area (Å²) in [6.07, 6.45) is 2.61. The van der Waals surface area contributed by atoms with Crippen molar-refractivity contribution in [3.63, 3.8) is 0 Å². The highest BCUT2D eigenvalue weighted by Gasteiger charge is 2.16. The summed E-state index contributed by atoms with van der Waals surface area (Å²) in [6.45, 7) is 6.53. The minimum atomic E-state index is -0.0605. The zero-order valence-electron chi connectivity index (χ0n) is 17.6. The molecule has 30 heavy (non-hydrogen) atoms. The van der Waals surface area contributed by atoms with Crippen LogP contribution in [0.25, 0.3) is 10.8 Å². The van der Waals surface area contributed by atoms with Gasteiger partial charge in [-0.1, -0.05) is 55.5 Å². The summed E-state index contributed by atoms with van der Waals surface area (Å²) in [6, 6.07) is 22.1. The Labute approximate surface area is 178 Å². The summed E-state index contributed by atoms with van der Waals surface area (Å²) in [5.74, 6) is 1.56. The molecule has 1 fully saturated rings. The molecule has 0 aromatic heterocycles. The van der Waals surface area contributed by atoms with Gasteiger partial charge in [0.25, 0.3) is 5.91 Å². The molecule has 1 saturated heterocycles. The molecule has 1 N–H and O–H groups in total. The molecule has 1 aliphatic rings. The second kappa shape index (κ2) is 9.77. The average molecular weight is 403 g/mol. The van der Waals surface area contributed by atoms with Crippen molar-refractivity contribution < 1.29 is 9.53 Å². The molecule has 1 heterocycles. The number of amides is 1. The van der Waals surface area contributed by atoms with Crippen LogP contribution in [0.2, 0.25) is 0 Å². The van der Waals surface area contributed by atoms with Gasteiger partial charge in [0, 0.05) is 24.0 Å². The Morgan fingerprint density at radius 2 is 1.87 bits per heavy atom. The number of fused-ring (bicyclic) bond motifs is 1. The Morgan fingerprint density at radius 3 is 2.70 bits per heavy atom. The average Bonchev–Trinajstić information content (AvgIpc) is 2.77. The highest BCUT2D eigenvalue weighted by Crippen LogP contribution is 2.25. The van der Waals surface area contributed by atoms with E-state index in [9.17, 15) is 4.79 Å². The third-order valence-corrected chi connectivity index (χ3v) is 5.76. The van der Waals surface area contributed by atoms with Crippen LogP contribution in [0, 0.1) is 5.92 Å². The smallest absolute Gasteiger partial charge is 0.251 e. The molecule has 4 nitrogen and oxygen atoms in total. The highest BCUT2D eigenvalue weighted by atomic mass is 16.5. The molecule has 3 aromatic carbocycles. The Hall–Kier alpha value is -2.85. The molecule has 156 valence electrons. The lowest BCUT2D eigenvalue weighted by molar-refractivity contribution is 0.0947. The number of piperidine rings is 1. The van der Waals surface area contributed by atoms with E-state index in [2.05, 4.69) is 47.5 Å². The van der Waals surface area contributed by atoms with Crippen molar-refractivity contribution >= 4 is 16.7 Å². The van der Waals surface area contributed by atoms with Gasteiger partial charge >= 0.3 is 0 Å². The normalized spacial score (nSPS) is 17.0. The first-order valence-electron chi connectivity index (χ1n) is 10.9. The van der Waals surface area contributed by atoms with E-state index in [4.69, 9.17) is 4.74 Å². The second-order valence-corrected chi connectivity index (χ2v) is 8.26. The number of ether oxygens (including phenoxy) is 1. The number of nitrogens with zero attached hydrogens (tertiary/aromatic N) is 1. The lowest BCUT2D eigenvalue weighted by Gasteiger charge is -2.30. The summed E-state index contributed by atoms with van der Waals surface area (Å²) >= 11 is 0. The number of hydrogen-bond donors (Lipinski definition) is 1. The Morgan fingerprint density at radius 1 is 1.07 bits per heavy atom. The molecule has 0 radical (unpaired) electrons. The molecule has 4 heteroatoms. The molecular formula is C26H30N2O2.